The van der Waals surface area contributed by atoms with Crippen molar-refractivity contribution in [1.82, 2.24) is 20.1 Å². The number of rotatable bonds is 2. The largest absolute Gasteiger partial charge is 0.399 e. The number of aromatic nitrogens is 3. The number of carbonyl (C=O) groups is 1. The molecule has 3 aromatic rings. The molecule has 6 heteroatoms. The molecule has 2 aromatic heterocycles. The van der Waals surface area contributed by atoms with Gasteiger partial charge in [0, 0.05) is 30.0 Å². The Morgan fingerprint density at radius 3 is 2.86 bits per heavy atom. The van der Waals surface area contributed by atoms with Gasteiger partial charge in [0.1, 0.15) is 0 Å². The van der Waals surface area contributed by atoms with E-state index in [4.69, 9.17) is 5.73 Å². The molecule has 0 spiro atoms. The van der Waals surface area contributed by atoms with Crippen LogP contribution in [0.1, 0.15) is 16.2 Å². The quantitative estimate of drug-likeness (QED) is 0.700. The van der Waals surface area contributed by atoms with E-state index in [9.17, 15) is 4.79 Å². The Hall–Kier alpha value is -2.89. The minimum Gasteiger partial charge on any atom is -0.399 e. The number of hydrogen-bond donors (Lipinski definition) is 2. The lowest BCUT2D eigenvalue weighted by Gasteiger charge is -2.08. The van der Waals surface area contributed by atoms with Crippen LogP contribution < -0.4 is 11.1 Å². The molecule has 0 unspecified atom stereocenters. The molecule has 0 atom stereocenters. The summed E-state index contributed by atoms with van der Waals surface area (Å²) >= 11 is 0. The predicted molar refractivity (Wildman–Crippen MR) is 81.4 cm³/mol. The van der Waals surface area contributed by atoms with E-state index in [-0.39, 0.29) is 5.91 Å². The molecule has 0 radical (unpaired) electrons. The number of fused-ring (bicyclic) bond motifs is 1. The highest BCUT2D eigenvalue weighted by Crippen LogP contribution is 2.24. The second-order valence-corrected chi connectivity index (χ2v) is 4.78. The minimum atomic E-state index is -0.219. The van der Waals surface area contributed by atoms with Crippen LogP contribution in [-0.2, 0) is 0 Å². The van der Waals surface area contributed by atoms with Crippen LogP contribution in [-0.4, -0.2) is 27.7 Å². The topological polar surface area (TPSA) is 85.8 Å². The van der Waals surface area contributed by atoms with E-state index in [1.54, 1.807) is 24.0 Å². The average molecular weight is 281 g/mol. The summed E-state index contributed by atoms with van der Waals surface area (Å²) in [4.78, 5) is 16.1. The van der Waals surface area contributed by atoms with Gasteiger partial charge in [-0.2, -0.15) is 5.10 Å². The zero-order valence-electron chi connectivity index (χ0n) is 11.8. The zero-order chi connectivity index (χ0) is 15.0. The zero-order valence-corrected chi connectivity index (χ0v) is 11.8. The summed E-state index contributed by atoms with van der Waals surface area (Å²) < 4.78 is 1.67. The lowest BCUT2D eigenvalue weighted by molar-refractivity contribution is 0.0957. The van der Waals surface area contributed by atoms with Crippen molar-refractivity contribution in [2.45, 2.75) is 6.92 Å². The maximum atomic E-state index is 11.6. The molecule has 106 valence electrons. The number of carbonyl (C=O) groups excluding carboxylic acids is 1. The number of nitrogens with one attached hydrogen (secondary N) is 1. The molecule has 21 heavy (non-hydrogen) atoms. The Balaban J connectivity index is 2.21. The first kappa shape index (κ1) is 13.1. The molecule has 0 saturated carbocycles. The fraction of sp³-hybridized carbons (Fsp3) is 0.133. The van der Waals surface area contributed by atoms with Gasteiger partial charge in [-0.25, -0.2) is 4.68 Å². The molecule has 3 rings (SSSR count). The Morgan fingerprint density at radius 2 is 2.10 bits per heavy atom. The van der Waals surface area contributed by atoms with Gasteiger partial charge in [-0.1, -0.05) is 0 Å². The van der Waals surface area contributed by atoms with Gasteiger partial charge in [0.2, 0.25) is 0 Å². The fourth-order valence-corrected chi connectivity index (χ4v) is 2.25. The van der Waals surface area contributed by atoms with Crippen molar-refractivity contribution in [2.75, 3.05) is 12.8 Å². The van der Waals surface area contributed by atoms with Crippen LogP contribution in [0.5, 0.6) is 0 Å². The summed E-state index contributed by atoms with van der Waals surface area (Å²) in [5, 5.41) is 7.76. The molecule has 2 heterocycles. The van der Waals surface area contributed by atoms with Gasteiger partial charge in [0.15, 0.2) is 5.69 Å². The van der Waals surface area contributed by atoms with Gasteiger partial charge >= 0.3 is 0 Å². The van der Waals surface area contributed by atoms with Gasteiger partial charge in [-0.05, 0) is 37.3 Å². The Labute approximate surface area is 121 Å². The Morgan fingerprint density at radius 1 is 1.29 bits per heavy atom. The average Bonchev–Trinajstić information content (AvgIpc) is 2.95. The Bertz CT molecular complexity index is 837. The summed E-state index contributed by atoms with van der Waals surface area (Å²) in [5.74, 6) is -0.219. The minimum absolute atomic E-state index is 0.219. The number of hydrogen-bond acceptors (Lipinski definition) is 4. The van der Waals surface area contributed by atoms with E-state index in [1.165, 1.54) is 0 Å². The highest BCUT2D eigenvalue weighted by atomic mass is 16.1. The highest BCUT2D eigenvalue weighted by Gasteiger charge is 2.11. The maximum Gasteiger partial charge on any atom is 0.271 e. The van der Waals surface area contributed by atoms with E-state index >= 15 is 0 Å². The first-order valence-corrected chi connectivity index (χ1v) is 6.53. The van der Waals surface area contributed by atoms with Crippen molar-refractivity contribution in [3.63, 3.8) is 0 Å². The summed E-state index contributed by atoms with van der Waals surface area (Å²) in [6, 6.07) is 9.15. The number of nitrogens with zero attached hydrogens (tertiary/aromatic N) is 3. The molecule has 6 nitrogen and oxygen atoms in total. The number of benzene rings is 1. The lowest BCUT2D eigenvalue weighted by Crippen LogP contribution is -2.18. The van der Waals surface area contributed by atoms with Gasteiger partial charge < -0.3 is 11.1 Å². The molecular weight excluding hydrogens is 266 g/mol. The van der Waals surface area contributed by atoms with E-state index in [2.05, 4.69) is 15.4 Å². The molecule has 1 amide bonds. The lowest BCUT2D eigenvalue weighted by atomic mass is 10.1. The number of aryl methyl sites for hydroxylation is 1. The van der Waals surface area contributed by atoms with Crippen molar-refractivity contribution in [3.8, 4) is 5.69 Å². The molecule has 0 aliphatic heterocycles. The SMILES string of the molecule is CNC(=O)c1ccn(-c2cc(C)nc3ccc(N)cc23)n1. The smallest absolute Gasteiger partial charge is 0.271 e. The van der Waals surface area contributed by atoms with Crippen LogP contribution in [0, 0.1) is 6.92 Å². The molecule has 3 N–H and O–H groups in total. The molecule has 0 fully saturated rings. The number of anilines is 1. The molecule has 0 bridgehead atoms. The summed E-state index contributed by atoms with van der Waals surface area (Å²) in [7, 11) is 1.58. The van der Waals surface area contributed by atoms with Gasteiger partial charge in [0.25, 0.3) is 5.91 Å². The highest BCUT2D eigenvalue weighted by molar-refractivity contribution is 5.92. The molecule has 1 aromatic carbocycles. The molecule has 0 saturated heterocycles. The molecular formula is C15H15N5O. The third kappa shape index (κ3) is 2.31. The van der Waals surface area contributed by atoms with E-state index in [0.717, 1.165) is 22.3 Å². The number of pyridine rings is 1. The van der Waals surface area contributed by atoms with Crippen LogP contribution in [0.15, 0.2) is 36.5 Å². The van der Waals surface area contributed by atoms with Crippen LogP contribution in [0.3, 0.4) is 0 Å². The van der Waals surface area contributed by atoms with Crippen LogP contribution in [0.2, 0.25) is 0 Å². The van der Waals surface area contributed by atoms with Crippen molar-refractivity contribution < 1.29 is 4.79 Å². The van der Waals surface area contributed by atoms with Crippen LogP contribution >= 0.6 is 0 Å². The van der Waals surface area contributed by atoms with Crippen LogP contribution in [0.4, 0.5) is 5.69 Å². The third-order valence-corrected chi connectivity index (χ3v) is 3.23. The second-order valence-electron chi connectivity index (χ2n) is 4.78. The van der Waals surface area contributed by atoms with Gasteiger partial charge in [-0.3, -0.25) is 9.78 Å². The molecule has 0 aliphatic carbocycles. The summed E-state index contributed by atoms with van der Waals surface area (Å²) in [5.41, 5.74) is 9.45. The standard InChI is InChI=1S/C15H15N5O/c1-9-7-14(11-8-10(16)3-4-12(11)18-9)20-6-5-13(19-20)15(21)17-2/h3-8H,16H2,1-2H3,(H,17,21). The first-order chi connectivity index (χ1) is 10.1. The summed E-state index contributed by atoms with van der Waals surface area (Å²) in [6.45, 7) is 1.92. The fourth-order valence-electron chi connectivity index (χ4n) is 2.25. The second kappa shape index (κ2) is 4.90. The number of amides is 1. The Kier molecular flexibility index (Phi) is 3.06. The third-order valence-electron chi connectivity index (χ3n) is 3.23. The van der Waals surface area contributed by atoms with E-state index in [1.807, 2.05) is 31.2 Å². The monoisotopic (exact) mass is 281 g/mol. The van der Waals surface area contributed by atoms with Crippen molar-refractivity contribution in [2.24, 2.45) is 0 Å². The van der Waals surface area contributed by atoms with Gasteiger partial charge in [-0.15, -0.1) is 0 Å². The van der Waals surface area contributed by atoms with Crippen LogP contribution in [0.25, 0.3) is 16.6 Å². The maximum absolute atomic E-state index is 11.6. The predicted octanol–water partition coefficient (Wildman–Crippen LogP) is 1.67. The first-order valence-electron chi connectivity index (χ1n) is 6.53. The van der Waals surface area contributed by atoms with E-state index in [0.29, 0.717) is 11.4 Å². The van der Waals surface area contributed by atoms with Crippen molar-refractivity contribution in [3.05, 3.63) is 47.9 Å². The molecule has 0 aliphatic rings. The number of nitrogens with two attached hydrogens (primary N) is 1. The van der Waals surface area contributed by atoms with Crippen molar-refractivity contribution >= 4 is 22.5 Å². The van der Waals surface area contributed by atoms with Crippen molar-refractivity contribution in [1.29, 1.82) is 0 Å². The van der Waals surface area contributed by atoms with E-state index < -0.39 is 0 Å². The normalized spacial score (nSPS) is 10.8. The number of nitrogen functional groups attached to an aromatic ring is 1. The van der Waals surface area contributed by atoms with Gasteiger partial charge in [0.05, 0.1) is 11.2 Å². The summed E-state index contributed by atoms with van der Waals surface area (Å²) in [6.07, 6.45) is 1.75.